The van der Waals surface area contributed by atoms with Gasteiger partial charge in [-0.3, -0.25) is 4.68 Å². The van der Waals surface area contributed by atoms with Gasteiger partial charge in [-0.1, -0.05) is 38.1 Å². The van der Waals surface area contributed by atoms with Gasteiger partial charge in [0.15, 0.2) is 0 Å². The fourth-order valence-electron chi connectivity index (χ4n) is 3.02. The Morgan fingerprint density at radius 2 is 1.75 bits per heavy atom. The van der Waals surface area contributed by atoms with Gasteiger partial charge in [-0.05, 0) is 24.0 Å². The van der Waals surface area contributed by atoms with Crippen molar-refractivity contribution in [1.82, 2.24) is 15.1 Å². The molecule has 2 aromatic rings. The molecular weight excluding hydrogens is 300 g/mol. The lowest BCUT2D eigenvalue weighted by atomic mass is 10.0. The van der Waals surface area contributed by atoms with Crippen LogP contribution in [0.1, 0.15) is 55.2 Å². The van der Waals surface area contributed by atoms with Crippen LogP contribution >= 0.6 is 0 Å². The van der Waals surface area contributed by atoms with E-state index in [9.17, 15) is 5.11 Å². The third-order valence-corrected chi connectivity index (χ3v) is 4.21. The summed E-state index contributed by atoms with van der Waals surface area (Å²) in [5.41, 5.74) is 4.57. The van der Waals surface area contributed by atoms with E-state index < -0.39 is 6.10 Å². The molecule has 2 rings (SSSR count). The molecule has 0 bridgehead atoms. The molecule has 2 N–H and O–H groups in total. The molecular formula is C19H30N4O. The standard InChI is InChI=1S/C19H30N4O/c1-13(2)18-17(19(22(4)5)23(6)21-18)12-20-11-15-7-9-16(10-8-15)14(3)24/h7-10,13-14,20,24H,11-12H2,1-6H3/t14-/m1/s1. The molecule has 132 valence electrons. The van der Waals surface area contributed by atoms with E-state index in [-0.39, 0.29) is 0 Å². The first kappa shape index (κ1) is 18.5. The summed E-state index contributed by atoms with van der Waals surface area (Å²) < 4.78 is 1.96. The van der Waals surface area contributed by atoms with E-state index in [0.29, 0.717) is 5.92 Å². The first-order valence-corrected chi connectivity index (χ1v) is 8.52. The zero-order chi connectivity index (χ0) is 17.9. The number of nitrogens with one attached hydrogen (secondary N) is 1. The van der Waals surface area contributed by atoms with Gasteiger partial charge in [0.25, 0.3) is 0 Å². The van der Waals surface area contributed by atoms with Gasteiger partial charge in [0.1, 0.15) is 5.82 Å². The van der Waals surface area contributed by atoms with Crippen LogP contribution in [0.3, 0.4) is 0 Å². The van der Waals surface area contributed by atoms with E-state index in [1.54, 1.807) is 6.92 Å². The second kappa shape index (κ2) is 7.81. The maximum absolute atomic E-state index is 9.58. The van der Waals surface area contributed by atoms with Gasteiger partial charge in [0.05, 0.1) is 11.8 Å². The minimum Gasteiger partial charge on any atom is -0.389 e. The summed E-state index contributed by atoms with van der Waals surface area (Å²) in [7, 11) is 6.11. The Morgan fingerprint density at radius 3 is 2.25 bits per heavy atom. The Hall–Kier alpha value is -1.85. The molecule has 5 heteroatoms. The molecule has 0 aliphatic heterocycles. The van der Waals surface area contributed by atoms with Crippen molar-refractivity contribution in [3.05, 3.63) is 46.6 Å². The van der Waals surface area contributed by atoms with Crippen LogP contribution < -0.4 is 10.2 Å². The minimum absolute atomic E-state index is 0.395. The molecule has 1 aromatic carbocycles. The molecule has 1 atom stereocenters. The van der Waals surface area contributed by atoms with Gasteiger partial charge in [0.2, 0.25) is 0 Å². The number of aliphatic hydroxyl groups is 1. The first-order valence-electron chi connectivity index (χ1n) is 8.52. The Kier molecular flexibility index (Phi) is 6.02. The summed E-state index contributed by atoms with van der Waals surface area (Å²) in [6.07, 6.45) is -0.418. The Labute approximate surface area is 145 Å². The number of rotatable bonds is 7. The quantitative estimate of drug-likeness (QED) is 0.819. The topological polar surface area (TPSA) is 53.3 Å². The SMILES string of the molecule is CC(C)c1nn(C)c(N(C)C)c1CNCc1ccc([C@@H](C)O)cc1. The predicted molar refractivity (Wildman–Crippen MR) is 99.2 cm³/mol. The van der Waals surface area contributed by atoms with Gasteiger partial charge in [-0.15, -0.1) is 0 Å². The molecule has 0 saturated heterocycles. The Balaban J connectivity index is 2.08. The number of anilines is 1. The van der Waals surface area contributed by atoms with Crippen LogP contribution in [0.4, 0.5) is 5.82 Å². The average molecular weight is 330 g/mol. The van der Waals surface area contributed by atoms with Gasteiger partial charge < -0.3 is 15.3 Å². The van der Waals surface area contributed by atoms with Crippen LogP contribution in [0.15, 0.2) is 24.3 Å². The summed E-state index contributed by atoms with van der Waals surface area (Å²) >= 11 is 0. The van der Waals surface area contributed by atoms with E-state index in [1.807, 2.05) is 23.9 Å². The van der Waals surface area contributed by atoms with Crippen molar-refractivity contribution >= 4 is 5.82 Å². The van der Waals surface area contributed by atoms with Crippen molar-refractivity contribution < 1.29 is 5.11 Å². The summed E-state index contributed by atoms with van der Waals surface area (Å²) in [5.74, 6) is 1.54. The number of nitrogens with zero attached hydrogens (tertiary/aromatic N) is 3. The highest BCUT2D eigenvalue weighted by molar-refractivity contribution is 5.50. The second-order valence-corrected chi connectivity index (χ2v) is 6.88. The molecule has 0 amide bonds. The largest absolute Gasteiger partial charge is 0.389 e. The fourth-order valence-corrected chi connectivity index (χ4v) is 3.02. The monoisotopic (exact) mass is 330 g/mol. The fraction of sp³-hybridized carbons (Fsp3) is 0.526. The molecule has 0 fully saturated rings. The van der Waals surface area contributed by atoms with Crippen molar-refractivity contribution in [2.24, 2.45) is 7.05 Å². The number of aryl methyl sites for hydroxylation is 1. The van der Waals surface area contributed by atoms with E-state index in [1.165, 1.54) is 11.1 Å². The molecule has 1 heterocycles. The summed E-state index contributed by atoms with van der Waals surface area (Å²) in [5, 5.41) is 17.8. The van der Waals surface area contributed by atoms with Crippen molar-refractivity contribution in [3.8, 4) is 0 Å². The van der Waals surface area contributed by atoms with E-state index in [4.69, 9.17) is 5.10 Å². The number of aromatic nitrogens is 2. The lowest BCUT2D eigenvalue weighted by Crippen LogP contribution is -2.19. The van der Waals surface area contributed by atoms with Crippen molar-refractivity contribution in [3.63, 3.8) is 0 Å². The van der Waals surface area contributed by atoms with Crippen LogP contribution in [0.2, 0.25) is 0 Å². The van der Waals surface area contributed by atoms with E-state index >= 15 is 0 Å². The van der Waals surface area contributed by atoms with Crippen LogP contribution in [0.25, 0.3) is 0 Å². The second-order valence-electron chi connectivity index (χ2n) is 6.88. The molecule has 24 heavy (non-hydrogen) atoms. The van der Waals surface area contributed by atoms with Gasteiger partial charge in [0, 0.05) is 39.8 Å². The van der Waals surface area contributed by atoms with Crippen LogP contribution in [-0.2, 0) is 20.1 Å². The third kappa shape index (κ3) is 4.16. The summed E-state index contributed by atoms with van der Waals surface area (Å²) in [6, 6.07) is 8.09. The zero-order valence-electron chi connectivity index (χ0n) is 15.7. The number of aliphatic hydroxyl groups excluding tert-OH is 1. The minimum atomic E-state index is -0.418. The van der Waals surface area contributed by atoms with Gasteiger partial charge in [-0.25, -0.2) is 0 Å². The van der Waals surface area contributed by atoms with E-state index in [0.717, 1.165) is 30.2 Å². The average Bonchev–Trinajstić information content (AvgIpc) is 2.85. The number of hydrogen-bond acceptors (Lipinski definition) is 4. The Bertz CT molecular complexity index is 657. The first-order chi connectivity index (χ1) is 11.3. The van der Waals surface area contributed by atoms with Crippen molar-refractivity contribution in [1.29, 1.82) is 0 Å². The highest BCUT2D eigenvalue weighted by Gasteiger charge is 2.19. The predicted octanol–water partition coefficient (Wildman–Crippen LogP) is 2.95. The van der Waals surface area contributed by atoms with Crippen LogP contribution in [0.5, 0.6) is 0 Å². The van der Waals surface area contributed by atoms with Crippen LogP contribution in [-0.4, -0.2) is 29.0 Å². The number of benzene rings is 1. The van der Waals surface area contributed by atoms with Gasteiger partial charge >= 0.3 is 0 Å². The maximum Gasteiger partial charge on any atom is 0.130 e. The van der Waals surface area contributed by atoms with E-state index in [2.05, 4.69) is 50.3 Å². The Morgan fingerprint density at radius 1 is 1.12 bits per heavy atom. The van der Waals surface area contributed by atoms with Gasteiger partial charge in [-0.2, -0.15) is 5.10 Å². The zero-order valence-corrected chi connectivity index (χ0v) is 15.7. The highest BCUT2D eigenvalue weighted by Crippen LogP contribution is 2.27. The molecule has 0 aliphatic carbocycles. The van der Waals surface area contributed by atoms with Crippen LogP contribution in [0, 0.1) is 0 Å². The van der Waals surface area contributed by atoms with Crippen molar-refractivity contribution in [2.75, 3.05) is 19.0 Å². The molecule has 0 saturated carbocycles. The lowest BCUT2D eigenvalue weighted by molar-refractivity contribution is 0.199. The highest BCUT2D eigenvalue weighted by atomic mass is 16.3. The lowest BCUT2D eigenvalue weighted by Gasteiger charge is -2.16. The molecule has 0 spiro atoms. The summed E-state index contributed by atoms with van der Waals surface area (Å²) in [6.45, 7) is 7.72. The van der Waals surface area contributed by atoms with Crippen molar-refractivity contribution in [2.45, 2.75) is 45.9 Å². The maximum atomic E-state index is 9.58. The number of hydrogen-bond donors (Lipinski definition) is 2. The molecule has 1 aromatic heterocycles. The normalized spacial score (nSPS) is 12.7. The smallest absolute Gasteiger partial charge is 0.130 e. The molecule has 0 unspecified atom stereocenters. The molecule has 5 nitrogen and oxygen atoms in total. The third-order valence-electron chi connectivity index (χ3n) is 4.21. The molecule has 0 aliphatic rings. The molecule has 0 radical (unpaired) electrons. The summed E-state index contributed by atoms with van der Waals surface area (Å²) in [4.78, 5) is 2.12.